The first kappa shape index (κ1) is 70.4. The molecular formula is C60H82N12O15S2. The van der Waals surface area contributed by atoms with Crippen molar-refractivity contribution < 1.29 is 73.1 Å². The number of unbranched alkanes of at least 4 members (excludes halogenated alkanes) is 1. The summed E-state index contributed by atoms with van der Waals surface area (Å²) in [6.45, 7) is 4.62. The van der Waals surface area contributed by atoms with Crippen LogP contribution in [0.5, 0.6) is 0 Å². The predicted octanol–water partition coefficient (Wildman–Crippen LogP) is -2.28. The Labute approximate surface area is 522 Å². The van der Waals surface area contributed by atoms with Gasteiger partial charge in [0.05, 0.1) is 25.7 Å². The fraction of sp³-hybridized carbons (Fsp3) is 0.500. The number of aromatic amines is 1. The van der Waals surface area contributed by atoms with E-state index in [9.17, 15) is 58.8 Å². The van der Waals surface area contributed by atoms with Gasteiger partial charge in [0.15, 0.2) is 6.23 Å². The molecule has 3 heterocycles. The summed E-state index contributed by atoms with van der Waals surface area (Å²) in [5, 5.41) is 69.2. The Kier molecular flexibility index (Phi) is 27.7. The molecule has 2 aliphatic heterocycles. The molecule has 89 heavy (non-hydrogen) atoms. The highest BCUT2D eigenvalue weighted by molar-refractivity contribution is 8.76. The zero-order valence-corrected chi connectivity index (χ0v) is 51.5. The molecular weight excluding hydrogens is 1190 g/mol. The van der Waals surface area contributed by atoms with Gasteiger partial charge in [-0.05, 0) is 54.5 Å². The molecule has 1 aromatic heterocycles. The summed E-state index contributed by atoms with van der Waals surface area (Å²) >= 11 is 0. The van der Waals surface area contributed by atoms with Crippen molar-refractivity contribution in [1.29, 1.82) is 0 Å². The van der Waals surface area contributed by atoms with Crippen LogP contribution in [0.2, 0.25) is 0 Å². The van der Waals surface area contributed by atoms with E-state index in [-0.39, 0.29) is 56.1 Å². The predicted molar refractivity (Wildman–Crippen MR) is 331 cm³/mol. The number of hydrogen-bond acceptors (Lipinski definition) is 18. The summed E-state index contributed by atoms with van der Waals surface area (Å²) in [4.78, 5) is 146. The van der Waals surface area contributed by atoms with Crippen LogP contribution >= 0.6 is 21.6 Å². The topological polar surface area (TPSA) is 423 Å². The van der Waals surface area contributed by atoms with Crippen LogP contribution in [-0.2, 0) is 71.9 Å². The van der Waals surface area contributed by atoms with Crippen LogP contribution in [0.1, 0.15) is 70.1 Å². The second kappa shape index (κ2) is 34.9. The highest BCUT2D eigenvalue weighted by atomic mass is 33.1. The molecule has 29 heteroatoms. The maximum Gasteiger partial charge on any atom is 0.244 e. The van der Waals surface area contributed by atoms with Gasteiger partial charge in [0, 0.05) is 61.7 Å². The molecule has 0 aliphatic carbocycles. The number of nitrogens with two attached hydrogens (primary N) is 1. The minimum absolute atomic E-state index is 0.0173. The Morgan fingerprint density at radius 3 is 1.90 bits per heavy atom. The smallest absolute Gasteiger partial charge is 0.244 e. The van der Waals surface area contributed by atoms with Crippen LogP contribution in [0.4, 0.5) is 0 Å². The average molecular weight is 1280 g/mol. The van der Waals surface area contributed by atoms with E-state index in [2.05, 4.69) is 58.2 Å². The molecule has 0 spiro atoms. The molecule has 0 radical (unpaired) electrons. The van der Waals surface area contributed by atoms with E-state index < -0.39 is 158 Å². The van der Waals surface area contributed by atoms with Gasteiger partial charge in [0.2, 0.25) is 59.1 Å². The van der Waals surface area contributed by atoms with Gasteiger partial charge in [0.25, 0.3) is 0 Å². The molecule has 0 unspecified atom stereocenters. The van der Waals surface area contributed by atoms with Gasteiger partial charge in [-0.1, -0.05) is 114 Å². The third-order valence-corrected chi connectivity index (χ3v) is 17.4. The van der Waals surface area contributed by atoms with Gasteiger partial charge in [-0.15, -0.1) is 0 Å². The zero-order valence-electron chi connectivity index (χ0n) is 49.9. The third-order valence-electron chi connectivity index (χ3n) is 15.0. The number of aliphatic hydroxyl groups excluding tert-OH is 4. The Morgan fingerprint density at radius 1 is 0.663 bits per heavy atom. The number of carbonyl (C=O) groups excluding carboxylic acids is 10. The van der Waals surface area contributed by atoms with Crippen molar-refractivity contribution in [3.8, 4) is 0 Å². The Hall–Kier alpha value is -7.64. The molecule has 0 bridgehead atoms. The maximum atomic E-state index is 15.1. The van der Waals surface area contributed by atoms with Crippen molar-refractivity contribution in [3.63, 3.8) is 0 Å². The van der Waals surface area contributed by atoms with Crippen molar-refractivity contribution >= 4 is 91.6 Å². The van der Waals surface area contributed by atoms with Gasteiger partial charge >= 0.3 is 0 Å². The number of aromatic nitrogens is 1. The average Bonchev–Trinajstić information content (AvgIpc) is 2.65. The van der Waals surface area contributed by atoms with Crippen molar-refractivity contribution in [2.24, 2.45) is 11.7 Å². The second-order valence-electron chi connectivity index (χ2n) is 22.2. The first-order valence-corrected chi connectivity index (χ1v) is 31.8. The zero-order chi connectivity index (χ0) is 64.7. The van der Waals surface area contributed by atoms with E-state index in [0.717, 1.165) is 28.5 Å². The van der Waals surface area contributed by atoms with Crippen molar-refractivity contribution in [3.05, 3.63) is 108 Å². The number of fused-ring (bicyclic) bond motifs is 1. The molecule has 0 saturated carbocycles. The lowest BCUT2D eigenvalue weighted by Gasteiger charge is -2.42. The monoisotopic (exact) mass is 1270 g/mol. The van der Waals surface area contributed by atoms with E-state index in [0.29, 0.717) is 34.0 Å². The second-order valence-corrected chi connectivity index (χ2v) is 24.8. The van der Waals surface area contributed by atoms with Gasteiger partial charge in [-0.25, -0.2) is 0 Å². The van der Waals surface area contributed by atoms with Crippen molar-refractivity contribution in [2.75, 3.05) is 31.3 Å². The number of ether oxygens (including phenoxy) is 1. The largest absolute Gasteiger partial charge is 0.394 e. The van der Waals surface area contributed by atoms with Gasteiger partial charge in [-0.3, -0.25) is 47.9 Å². The summed E-state index contributed by atoms with van der Waals surface area (Å²) in [7, 11) is 1.93. The van der Waals surface area contributed by atoms with E-state index in [1.807, 2.05) is 6.07 Å². The van der Waals surface area contributed by atoms with Crippen LogP contribution in [0.3, 0.4) is 0 Å². The molecule has 17 N–H and O–H groups in total. The number of carbonyl (C=O) groups is 10. The lowest BCUT2D eigenvalue weighted by molar-refractivity contribution is -0.203. The molecule has 2 aliphatic rings. The summed E-state index contributed by atoms with van der Waals surface area (Å²) in [6.07, 6.45) is -5.71. The highest BCUT2D eigenvalue weighted by Gasteiger charge is 2.46. The SMILES string of the molecule is CC(=O)N[C@@H]1[C@@H](O)[C@H](O)[C@@H](CO)O[C@H]1NC(=O)C[C@@H]1NC(=O)[C@H](CCCCN)NC(=O)[C@H](Cc2c[nH]c3ccccc23)NC(=O)[C@H](Cc2ccccc2)NC(=O)[C@@H](NC(=O)[C@H](Cc2ccccc2)NC(C)=O)CSSC[C@@H](C(=O)N[C@H](CO)C(C)C)NC1=O. The fourth-order valence-electron chi connectivity index (χ4n) is 10.0. The number of H-pyrrole nitrogens is 1. The van der Waals surface area contributed by atoms with E-state index in [1.54, 1.807) is 98.9 Å². The van der Waals surface area contributed by atoms with Crippen LogP contribution < -0.4 is 58.9 Å². The van der Waals surface area contributed by atoms with E-state index in [1.165, 1.54) is 6.92 Å². The van der Waals surface area contributed by atoms with Gasteiger partial charge < -0.3 is 89.0 Å². The van der Waals surface area contributed by atoms with Crippen LogP contribution in [-0.4, -0.2) is 195 Å². The molecule has 2 saturated heterocycles. The summed E-state index contributed by atoms with van der Waals surface area (Å²) in [6, 6.07) is 11.8. The minimum atomic E-state index is -1.91. The number of aliphatic hydroxyl groups is 4. The first-order chi connectivity index (χ1) is 42.6. The number of para-hydroxylation sites is 1. The lowest BCUT2D eigenvalue weighted by atomic mass is 9.95. The van der Waals surface area contributed by atoms with Gasteiger partial charge in [0.1, 0.15) is 66.6 Å². The minimum Gasteiger partial charge on any atom is -0.394 e. The number of benzene rings is 3. The quantitative estimate of drug-likeness (QED) is 0.0291. The molecule has 13 atom stereocenters. The Bertz CT molecular complexity index is 3060. The number of amides is 10. The Balaban J connectivity index is 1.45. The Morgan fingerprint density at radius 2 is 1.26 bits per heavy atom. The summed E-state index contributed by atoms with van der Waals surface area (Å²) in [5.41, 5.74) is 8.43. The number of hydrogen-bond donors (Lipinski definition) is 16. The van der Waals surface area contributed by atoms with Gasteiger partial charge in [-0.2, -0.15) is 0 Å². The molecule has 27 nitrogen and oxygen atoms in total. The highest BCUT2D eigenvalue weighted by Crippen LogP contribution is 2.25. The molecule has 4 aromatic rings. The van der Waals surface area contributed by atoms with E-state index in [4.69, 9.17) is 10.5 Å². The fourth-order valence-corrected chi connectivity index (χ4v) is 12.4. The maximum absolute atomic E-state index is 15.1. The van der Waals surface area contributed by atoms with Crippen LogP contribution in [0.25, 0.3) is 10.9 Å². The van der Waals surface area contributed by atoms with Crippen LogP contribution in [0.15, 0.2) is 91.1 Å². The summed E-state index contributed by atoms with van der Waals surface area (Å²) in [5.74, 6) is -9.52. The standard InChI is InChI=1S/C60H82N12O15S2/c1-32(2)45(28-73)69-59(86)47-31-89-88-30-46(70-54(81)41(63-33(3)75)23-35-15-7-5-8-16-35)58(85)66-42(24-36-17-9-6-10-18-36)55(82)67-43(25-37-27-62-39-20-12-11-19-38(37)39)56(83)65-40(21-13-14-22-61)53(80)68-44(57(84)71-47)26-49(77)72-60-50(64-34(4)76)52(79)51(78)48(29-74)87-60/h5-12,15-20,27,32,40-48,50-52,60,62,73-74,78-79H,13-14,21-26,28-31,61H2,1-4H3,(H,63,75)(H,64,76)(H,65,83)(H,66,85)(H,67,82)(H,68,80)(H,69,86)(H,70,81)(H,71,84)(H,72,77)/t40-,41-,42-,43-,44-,45+,46-,47-,48+,50+,51+,52+,60+/m0/s1. The summed E-state index contributed by atoms with van der Waals surface area (Å²) < 4.78 is 5.71. The van der Waals surface area contributed by atoms with E-state index >= 15 is 9.59 Å². The van der Waals surface area contributed by atoms with Crippen LogP contribution in [0, 0.1) is 5.92 Å². The number of rotatable bonds is 22. The third kappa shape index (κ3) is 21.3. The molecule has 10 amide bonds. The molecule has 484 valence electrons. The molecule has 6 rings (SSSR count). The lowest BCUT2D eigenvalue weighted by Crippen LogP contribution is -2.68. The number of nitrogens with one attached hydrogen (secondary N) is 11. The molecule has 2 fully saturated rings. The normalized spacial score (nSPS) is 24.9. The van der Waals surface area contributed by atoms with Crippen molar-refractivity contribution in [2.45, 2.75) is 152 Å². The molecule has 3 aromatic carbocycles. The first-order valence-electron chi connectivity index (χ1n) is 29.4. The van der Waals surface area contributed by atoms with Crippen molar-refractivity contribution in [1.82, 2.24) is 58.2 Å².